The summed E-state index contributed by atoms with van der Waals surface area (Å²) >= 11 is 3.49. The van der Waals surface area contributed by atoms with Crippen molar-refractivity contribution >= 4 is 21.8 Å². The number of rotatable bonds is 8. The summed E-state index contributed by atoms with van der Waals surface area (Å²) in [6.07, 6.45) is 6.95. The van der Waals surface area contributed by atoms with Crippen LogP contribution >= 0.6 is 15.9 Å². The fraction of sp³-hybridized carbons (Fsp3) is 0.562. The Hall–Kier alpha value is -0.870. The molecule has 1 aromatic carbocycles. The molecular weight excluding hydrogens is 316 g/mol. The second kappa shape index (κ2) is 7.23. The highest BCUT2D eigenvalue weighted by atomic mass is 79.9. The maximum atomic E-state index is 12.0. The van der Waals surface area contributed by atoms with Gasteiger partial charge >= 0.3 is 0 Å². The molecule has 2 rings (SSSR count). The zero-order chi connectivity index (χ0) is 14.4. The fourth-order valence-corrected chi connectivity index (χ4v) is 2.91. The quantitative estimate of drug-likeness (QED) is 0.713. The minimum atomic E-state index is -0.0991. The van der Waals surface area contributed by atoms with Gasteiger partial charge in [-0.1, -0.05) is 40.9 Å². The van der Waals surface area contributed by atoms with E-state index in [0.29, 0.717) is 6.42 Å². The Balaban J connectivity index is 1.79. The molecule has 4 heteroatoms. The van der Waals surface area contributed by atoms with Crippen molar-refractivity contribution in [1.82, 2.24) is 5.32 Å². The normalized spacial score (nSPS) is 15.9. The minimum Gasteiger partial charge on any atom is -0.347 e. The van der Waals surface area contributed by atoms with E-state index in [2.05, 4.69) is 33.4 Å². The van der Waals surface area contributed by atoms with E-state index in [9.17, 15) is 4.79 Å². The van der Waals surface area contributed by atoms with Gasteiger partial charge in [-0.2, -0.15) is 0 Å². The van der Waals surface area contributed by atoms with Gasteiger partial charge in [0.1, 0.15) is 0 Å². The van der Waals surface area contributed by atoms with Gasteiger partial charge in [0.25, 0.3) is 0 Å². The van der Waals surface area contributed by atoms with Gasteiger partial charge in [0.2, 0.25) is 5.91 Å². The Morgan fingerprint density at radius 1 is 1.25 bits per heavy atom. The Morgan fingerprint density at radius 3 is 2.65 bits per heavy atom. The Kier molecular flexibility index (Phi) is 5.61. The molecule has 0 aliphatic heterocycles. The minimum absolute atomic E-state index is 0.0991. The van der Waals surface area contributed by atoms with Gasteiger partial charge in [0.15, 0.2) is 0 Å². The van der Waals surface area contributed by atoms with Crippen LogP contribution in [0.4, 0.5) is 0 Å². The number of hydrogen-bond donors (Lipinski definition) is 2. The van der Waals surface area contributed by atoms with Crippen molar-refractivity contribution < 1.29 is 4.79 Å². The fourth-order valence-electron chi connectivity index (χ4n) is 2.51. The molecule has 1 aliphatic carbocycles. The van der Waals surface area contributed by atoms with Gasteiger partial charge in [-0.3, -0.25) is 4.79 Å². The number of nitrogens with one attached hydrogen (secondary N) is 1. The zero-order valence-electron chi connectivity index (χ0n) is 11.8. The SMILES string of the molecule is NCCCCCCC(=O)NC1(c2cccc(Br)c2)CC1. The maximum absolute atomic E-state index is 12.0. The monoisotopic (exact) mass is 338 g/mol. The van der Waals surface area contributed by atoms with Gasteiger partial charge in [0, 0.05) is 10.9 Å². The van der Waals surface area contributed by atoms with E-state index in [0.717, 1.165) is 49.5 Å². The summed E-state index contributed by atoms with van der Waals surface area (Å²) in [5, 5.41) is 3.22. The average molecular weight is 339 g/mol. The molecular formula is C16H23BrN2O. The second-order valence-corrected chi connectivity index (χ2v) is 6.51. The van der Waals surface area contributed by atoms with Crippen LogP contribution < -0.4 is 11.1 Å². The van der Waals surface area contributed by atoms with E-state index in [1.165, 1.54) is 5.56 Å². The lowest BCUT2D eigenvalue weighted by Crippen LogP contribution is -2.34. The number of unbranched alkanes of at least 4 members (excludes halogenated alkanes) is 3. The highest BCUT2D eigenvalue weighted by molar-refractivity contribution is 9.10. The van der Waals surface area contributed by atoms with Gasteiger partial charge in [-0.05, 0) is 49.9 Å². The number of amides is 1. The van der Waals surface area contributed by atoms with E-state index in [4.69, 9.17) is 5.73 Å². The first-order chi connectivity index (χ1) is 9.66. The van der Waals surface area contributed by atoms with Crippen molar-refractivity contribution in [2.45, 2.75) is 50.5 Å². The number of halogens is 1. The zero-order valence-corrected chi connectivity index (χ0v) is 13.4. The number of carbonyl (C=O) groups is 1. The largest absolute Gasteiger partial charge is 0.347 e. The van der Waals surface area contributed by atoms with E-state index < -0.39 is 0 Å². The highest BCUT2D eigenvalue weighted by Gasteiger charge is 2.45. The molecule has 3 nitrogen and oxygen atoms in total. The van der Waals surface area contributed by atoms with Gasteiger partial charge < -0.3 is 11.1 Å². The number of carbonyl (C=O) groups excluding carboxylic acids is 1. The lowest BCUT2D eigenvalue weighted by Gasteiger charge is -2.18. The summed E-state index contributed by atoms with van der Waals surface area (Å²) in [5.41, 5.74) is 6.57. The van der Waals surface area contributed by atoms with Crippen molar-refractivity contribution in [3.05, 3.63) is 34.3 Å². The van der Waals surface area contributed by atoms with Crippen molar-refractivity contribution in [3.63, 3.8) is 0 Å². The molecule has 20 heavy (non-hydrogen) atoms. The molecule has 0 saturated heterocycles. The molecule has 1 aromatic rings. The van der Waals surface area contributed by atoms with Crippen molar-refractivity contribution in [2.24, 2.45) is 5.73 Å². The molecule has 110 valence electrons. The van der Waals surface area contributed by atoms with Crippen LogP contribution in [0.2, 0.25) is 0 Å². The molecule has 0 unspecified atom stereocenters. The third kappa shape index (κ3) is 4.32. The van der Waals surface area contributed by atoms with Crippen molar-refractivity contribution in [3.8, 4) is 0 Å². The van der Waals surface area contributed by atoms with Crippen LogP contribution in [-0.4, -0.2) is 12.5 Å². The molecule has 0 radical (unpaired) electrons. The molecule has 3 N–H and O–H groups in total. The summed E-state index contributed by atoms with van der Waals surface area (Å²) in [6, 6.07) is 8.24. The summed E-state index contributed by atoms with van der Waals surface area (Å²) in [4.78, 5) is 12.0. The van der Waals surface area contributed by atoms with Gasteiger partial charge in [-0.15, -0.1) is 0 Å². The first-order valence-electron chi connectivity index (χ1n) is 7.43. The molecule has 1 aliphatic rings. The Labute approximate surface area is 129 Å². The first-order valence-corrected chi connectivity index (χ1v) is 8.23. The number of benzene rings is 1. The molecule has 1 amide bonds. The summed E-state index contributed by atoms with van der Waals surface area (Å²) in [6.45, 7) is 0.748. The average Bonchev–Trinajstić information content (AvgIpc) is 3.19. The van der Waals surface area contributed by atoms with E-state index >= 15 is 0 Å². The summed E-state index contributed by atoms with van der Waals surface area (Å²) < 4.78 is 1.07. The van der Waals surface area contributed by atoms with Crippen LogP contribution in [0.1, 0.15) is 50.5 Å². The number of hydrogen-bond acceptors (Lipinski definition) is 2. The third-order valence-corrected chi connectivity index (χ3v) is 4.36. The molecule has 0 aromatic heterocycles. The van der Waals surface area contributed by atoms with Crippen LogP contribution in [0.25, 0.3) is 0 Å². The molecule has 1 fully saturated rings. The summed E-state index contributed by atoms with van der Waals surface area (Å²) in [5.74, 6) is 0.176. The topological polar surface area (TPSA) is 55.1 Å². The predicted octanol–water partition coefficient (Wildman–Crippen LogP) is 3.46. The van der Waals surface area contributed by atoms with Crippen LogP contribution in [-0.2, 0) is 10.3 Å². The van der Waals surface area contributed by atoms with Crippen LogP contribution in [0, 0.1) is 0 Å². The predicted molar refractivity (Wildman–Crippen MR) is 85.3 cm³/mol. The van der Waals surface area contributed by atoms with E-state index in [-0.39, 0.29) is 11.4 Å². The molecule has 0 bridgehead atoms. The molecule has 0 spiro atoms. The molecule has 0 heterocycles. The van der Waals surface area contributed by atoms with Crippen molar-refractivity contribution in [2.75, 3.05) is 6.54 Å². The van der Waals surface area contributed by atoms with Crippen LogP contribution in [0.5, 0.6) is 0 Å². The Bertz CT molecular complexity index is 458. The third-order valence-electron chi connectivity index (χ3n) is 3.86. The lowest BCUT2D eigenvalue weighted by molar-refractivity contribution is -0.122. The number of nitrogens with two attached hydrogens (primary N) is 1. The van der Waals surface area contributed by atoms with Gasteiger partial charge in [-0.25, -0.2) is 0 Å². The first kappa shape index (κ1) is 15.5. The smallest absolute Gasteiger partial charge is 0.220 e. The maximum Gasteiger partial charge on any atom is 0.220 e. The highest BCUT2D eigenvalue weighted by Crippen LogP contribution is 2.46. The molecule has 0 atom stereocenters. The van der Waals surface area contributed by atoms with E-state index in [1.54, 1.807) is 0 Å². The Morgan fingerprint density at radius 2 is 2.00 bits per heavy atom. The van der Waals surface area contributed by atoms with Crippen LogP contribution in [0.3, 0.4) is 0 Å². The lowest BCUT2D eigenvalue weighted by atomic mass is 10.0. The molecule has 1 saturated carbocycles. The summed E-state index contributed by atoms with van der Waals surface area (Å²) in [7, 11) is 0. The van der Waals surface area contributed by atoms with Crippen LogP contribution in [0.15, 0.2) is 28.7 Å². The standard InChI is InChI=1S/C16H23BrN2O/c17-14-7-5-6-13(12-14)16(9-10-16)19-15(20)8-3-1-2-4-11-18/h5-7,12H,1-4,8-11,18H2,(H,19,20). The van der Waals surface area contributed by atoms with Crippen molar-refractivity contribution in [1.29, 1.82) is 0 Å². The van der Waals surface area contributed by atoms with E-state index in [1.807, 2.05) is 12.1 Å². The van der Waals surface area contributed by atoms with Gasteiger partial charge in [0.05, 0.1) is 5.54 Å². The second-order valence-electron chi connectivity index (χ2n) is 5.59.